The quantitative estimate of drug-likeness (QED) is 0.613. The fourth-order valence-corrected chi connectivity index (χ4v) is 1.95. The van der Waals surface area contributed by atoms with Crippen LogP contribution in [-0.2, 0) is 9.59 Å². The summed E-state index contributed by atoms with van der Waals surface area (Å²) in [6.07, 6.45) is 4.68. The predicted molar refractivity (Wildman–Crippen MR) is 52.8 cm³/mol. The number of rotatable bonds is 1. The predicted octanol–water partition coefficient (Wildman–Crippen LogP) is 1.24. The molecule has 14 heavy (non-hydrogen) atoms. The molecule has 0 spiro atoms. The van der Waals surface area contributed by atoms with Gasteiger partial charge in [-0.1, -0.05) is 11.6 Å². The molecule has 0 unspecified atom stereocenters. The Hall–Kier alpha value is -1.09. The first-order chi connectivity index (χ1) is 6.68. The van der Waals surface area contributed by atoms with Gasteiger partial charge < -0.3 is 4.90 Å². The summed E-state index contributed by atoms with van der Waals surface area (Å²) in [5, 5.41) is 0.0272. The van der Waals surface area contributed by atoms with Crippen LogP contribution in [0, 0.1) is 0 Å². The van der Waals surface area contributed by atoms with E-state index in [0.29, 0.717) is 5.70 Å². The van der Waals surface area contributed by atoms with Gasteiger partial charge in [-0.15, -0.1) is 0 Å². The molecule has 1 fully saturated rings. The van der Waals surface area contributed by atoms with Crippen molar-refractivity contribution in [2.24, 2.45) is 0 Å². The first-order valence-electron chi connectivity index (χ1n) is 4.61. The number of halogens is 1. The fraction of sp³-hybridized carbons (Fsp3) is 0.400. The number of allylic oxidation sites excluding steroid dienone is 3. The Balaban J connectivity index is 2.26. The second-order valence-corrected chi connectivity index (χ2v) is 3.85. The maximum absolute atomic E-state index is 11.6. The molecule has 0 atom stereocenters. The summed E-state index contributed by atoms with van der Waals surface area (Å²) >= 11 is 5.66. The molecule has 0 aromatic rings. The van der Waals surface area contributed by atoms with Crippen molar-refractivity contribution in [1.82, 2.24) is 4.90 Å². The molecule has 0 N–H and O–H groups in total. The van der Waals surface area contributed by atoms with Crippen LogP contribution in [0.1, 0.15) is 12.8 Å². The van der Waals surface area contributed by atoms with E-state index in [1.54, 1.807) is 0 Å². The summed E-state index contributed by atoms with van der Waals surface area (Å²) in [5.41, 5.74) is 0.458. The molecule has 2 rings (SSSR count). The van der Waals surface area contributed by atoms with Gasteiger partial charge >= 0.3 is 0 Å². The van der Waals surface area contributed by atoms with Crippen LogP contribution in [0.5, 0.6) is 0 Å². The van der Waals surface area contributed by atoms with Crippen LogP contribution in [0.2, 0.25) is 0 Å². The maximum atomic E-state index is 11.6. The van der Waals surface area contributed by atoms with Gasteiger partial charge in [-0.25, -0.2) is 0 Å². The number of hydrogen-bond donors (Lipinski definition) is 0. The lowest BCUT2D eigenvalue weighted by molar-refractivity contribution is -0.115. The zero-order valence-corrected chi connectivity index (χ0v) is 8.38. The molecule has 0 amide bonds. The highest BCUT2D eigenvalue weighted by Crippen LogP contribution is 2.22. The Bertz CT molecular complexity index is 351. The van der Waals surface area contributed by atoms with Crippen molar-refractivity contribution < 1.29 is 9.59 Å². The third kappa shape index (κ3) is 1.60. The van der Waals surface area contributed by atoms with Crippen molar-refractivity contribution in [3.63, 3.8) is 0 Å². The van der Waals surface area contributed by atoms with Gasteiger partial charge in [0.15, 0.2) is 5.78 Å². The summed E-state index contributed by atoms with van der Waals surface area (Å²) in [5.74, 6) is -0.426. The summed E-state index contributed by atoms with van der Waals surface area (Å²) in [6.45, 7) is 1.68. The van der Waals surface area contributed by atoms with E-state index in [1.807, 2.05) is 4.90 Å². The van der Waals surface area contributed by atoms with Gasteiger partial charge in [0.2, 0.25) is 5.78 Å². The number of nitrogens with zero attached hydrogens (tertiary/aromatic N) is 1. The molecular formula is C10H10ClNO2. The zero-order chi connectivity index (χ0) is 10.1. The zero-order valence-electron chi connectivity index (χ0n) is 7.62. The molecule has 1 aliphatic heterocycles. The summed E-state index contributed by atoms with van der Waals surface area (Å²) in [6, 6.07) is 0. The van der Waals surface area contributed by atoms with Gasteiger partial charge in [-0.2, -0.15) is 0 Å². The molecule has 0 bridgehead atoms. The maximum Gasteiger partial charge on any atom is 0.220 e. The van der Waals surface area contributed by atoms with Gasteiger partial charge in [-0.05, 0) is 12.8 Å². The normalized spacial score (nSPS) is 22.5. The van der Waals surface area contributed by atoms with Crippen LogP contribution in [-0.4, -0.2) is 29.6 Å². The smallest absolute Gasteiger partial charge is 0.220 e. The van der Waals surface area contributed by atoms with Crippen LogP contribution in [0.3, 0.4) is 0 Å². The molecule has 0 saturated carbocycles. The van der Waals surface area contributed by atoms with E-state index < -0.39 is 0 Å². The van der Waals surface area contributed by atoms with Crippen molar-refractivity contribution in [2.45, 2.75) is 12.8 Å². The van der Waals surface area contributed by atoms with Gasteiger partial charge in [-0.3, -0.25) is 9.59 Å². The summed E-state index contributed by atoms with van der Waals surface area (Å²) in [4.78, 5) is 24.7. The largest absolute Gasteiger partial charge is 0.368 e. The van der Waals surface area contributed by atoms with E-state index in [9.17, 15) is 9.59 Å². The first-order valence-corrected chi connectivity index (χ1v) is 4.99. The number of carbonyl (C=O) groups excluding carboxylic acids is 2. The highest BCUT2D eigenvalue weighted by molar-refractivity contribution is 6.47. The Labute approximate surface area is 87.0 Å². The third-order valence-corrected chi connectivity index (χ3v) is 2.73. The SMILES string of the molecule is O=C1C=C(Cl)C(=O)C(N2CCCC2)=C1. The van der Waals surface area contributed by atoms with E-state index in [2.05, 4.69) is 0 Å². The monoisotopic (exact) mass is 211 g/mol. The summed E-state index contributed by atoms with van der Waals surface area (Å²) in [7, 11) is 0. The molecule has 3 nitrogen and oxygen atoms in total. The molecule has 1 aliphatic carbocycles. The number of carbonyl (C=O) groups is 2. The number of Topliss-reactive ketones (excluding diaryl/α,β-unsaturated/α-hetero) is 1. The topological polar surface area (TPSA) is 37.4 Å². The van der Waals surface area contributed by atoms with Gasteiger partial charge in [0, 0.05) is 25.2 Å². The fourth-order valence-electron chi connectivity index (χ4n) is 1.75. The standard InChI is InChI=1S/C10H10ClNO2/c11-8-5-7(13)6-9(10(8)14)12-3-1-2-4-12/h5-6H,1-4H2. The minimum Gasteiger partial charge on any atom is -0.368 e. The van der Waals surface area contributed by atoms with E-state index in [0.717, 1.165) is 25.9 Å². The molecule has 1 heterocycles. The lowest BCUT2D eigenvalue weighted by atomic mass is 10.1. The van der Waals surface area contributed by atoms with Crippen molar-refractivity contribution >= 4 is 23.2 Å². The average molecular weight is 212 g/mol. The van der Waals surface area contributed by atoms with E-state index in [1.165, 1.54) is 12.2 Å². The highest BCUT2D eigenvalue weighted by Gasteiger charge is 2.26. The number of hydrogen-bond acceptors (Lipinski definition) is 3. The highest BCUT2D eigenvalue weighted by atomic mass is 35.5. The Kier molecular flexibility index (Phi) is 2.42. The third-order valence-electron chi connectivity index (χ3n) is 2.44. The van der Waals surface area contributed by atoms with Gasteiger partial charge in [0.05, 0.1) is 10.7 Å². The Morgan fingerprint density at radius 3 is 2.43 bits per heavy atom. The summed E-state index contributed by atoms with van der Waals surface area (Å²) < 4.78 is 0. The molecular weight excluding hydrogens is 202 g/mol. The molecule has 0 aromatic heterocycles. The van der Waals surface area contributed by atoms with Gasteiger partial charge in [0.25, 0.3) is 0 Å². The van der Waals surface area contributed by atoms with Crippen LogP contribution >= 0.6 is 11.6 Å². The Morgan fingerprint density at radius 2 is 1.79 bits per heavy atom. The van der Waals surface area contributed by atoms with E-state index in [-0.39, 0.29) is 16.6 Å². The number of likely N-dealkylation sites (tertiary alicyclic amines) is 1. The van der Waals surface area contributed by atoms with Crippen LogP contribution in [0.25, 0.3) is 0 Å². The van der Waals surface area contributed by atoms with Crippen LogP contribution in [0.15, 0.2) is 22.9 Å². The second-order valence-electron chi connectivity index (χ2n) is 3.45. The van der Waals surface area contributed by atoms with Crippen LogP contribution < -0.4 is 0 Å². The van der Waals surface area contributed by atoms with Crippen LogP contribution in [0.4, 0.5) is 0 Å². The first kappa shape index (κ1) is 9.46. The second kappa shape index (κ2) is 3.58. The van der Waals surface area contributed by atoms with Crippen molar-refractivity contribution in [2.75, 3.05) is 13.1 Å². The molecule has 4 heteroatoms. The van der Waals surface area contributed by atoms with E-state index in [4.69, 9.17) is 11.6 Å². The molecule has 0 radical (unpaired) electrons. The lowest BCUT2D eigenvalue weighted by Gasteiger charge is -2.21. The molecule has 1 saturated heterocycles. The number of ketones is 2. The lowest BCUT2D eigenvalue weighted by Crippen LogP contribution is -2.27. The average Bonchev–Trinajstić information content (AvgIpc) is 2.63. The van der Waals surface area contributed by atoms with Crippen molar-refractivity contribution in [3.05, 3.63) is 22.9 Å². The molecule has 74 valence electrons. The van der Waals surface area contributed by atoms with Gasteiger partial charge in [0.1, 0.15) is 0 Å². The van der Waals surface area contributed by atoms with Crippen molar-refractivity contribution in [3.8, 4) is 0 Å². The van der Waals surface area contributed by atoms with Crippen molar-refractivity contribution in [1.29, 1.82) is 0 Å². The minimum atomic E-state index is -0.229. The van der Waals surface area contributed by atoms with E-state index >= 15 is 0 Å². The minimum absolute atomic E-state index is 0.0272. The molecule has 2 aliphatic rings. The Morgan fingerprint density at radius 1 is 1.14 bits per heavy atom. The molecule has 0 aromatic carbocycles.